The summed E-state index contributed by atoms with van der Waals surface area (Å²) in [6, 6.07) is 20.4. The molecule has 1 amide bonds. The third-order valence-electron chi connectivity index (χ3n) is 4.84. The van der Waals surface area contributed by atoms with E-state index in [1.54, 1.807) is 12.3 Å². The largest absolute Gasteiger partial charge is 0.349 e. The summed E-state index contributed by atoms with van der Waals surface area (Å²) in [5.41, 5.74) is 3.06. The van der Waals surface area contributed by atoms with Crippen LogP contribution in [0.3, 0.4) is 0 Å². The van der Waals surface area contributed by atoms with Gasteiger partial charge >= 0.3 is 0 Å². The molecule has 3 aromatic rings. The third-order valence-corrected chi connectivity index (χ3v) is 4.84. The molecule has 132 valence electrons. The number of carbonyl (C=O) groups is 1. The molecule has 0 spiro atoms. The van der Waals surface area contributed by atoms with Crippen molar-refractivity contribution in [1.29, 1.82) is 0 Å². The zero-order valence-electron chi connectivity index (χ0n) is 14.6. The maximum atomic E-state index is 12.3. The zero-order valence-corrected chi connectivity index (χ0v) is 14.6. The monoisotopic (exact) mass is 346 g/mol. The van der Waals surface area contributed by atoms with Gasteiger partial charge in [0, 0.05) is 50.3 Å². The van der Waals surface area contributed by atoms with E-state index in [0.29, 0.717) is 12.2 Å². The molecule has 1 aliphatic rings. The van der Waals surface area contributed by atoms with Gasteiger partial charge in [0.05, 0.1) is 0 Å². The highest BCUT2D eigenvalue weighted by Gasteiger charge is 2.26. The van der Waals surface area contributed by atoms with Gasteiger partial charge in [-0.05, 0) is 29.8 Å². The van der Waals surface area contributed by atoms with Gasteiger partial charge in [0.15, 0.2) is 0 Å². The lowest BCUT2D eigenvalue weighted by molar-refractivity contribution is 0.0894. The first-order valence-electron chi connectivity index (χ1n) is 8.91. The lowest BCUT2D eigenvalue weighted by Gasteiger charge is -2.37. The number of nitrogens with zero attached hydrogens (tertiary/aromatic N) is 3. The van der Waals surface area contributed by atoms with Crippen LogP contribution in [0.4, 0.5) is 0 Å². The molecular weight excluding hydrogens is 324 g/mol. The van der Waals surface area contributed by atoms with E-state index in [2.05, 4.69) is 62.4 Å². The minimum atomic E-state index is -0.122. The number of carbonyl (C=O) groups excluding carboxylic acids is 1. The summed E-state index contributed by atoms with van der Waals surface area (Å²) in [5, 5.41) is 3.05. The molecule has 0 aliphatic carbocycles. The zero-order chi connectivity index (χ0) is 17.8. The Morgan fingerprint density at radius 2 is 1.92 bits per heavy atom. The highest BCUT2D eigenvalue weighted by molar-refractivity contribution is 5.92. The molecule has 0 saturated carbocycles. The highest BCUT2D eigenvalue weighted by Crippen LogP contribution is 2.20. The van der Waals surface area contributed by atoms with E-state index in [4.69, 9.17) is 0 Å². The van der Waals surface area contributed by atoms with Crippen molar-refractivity contribution in [2.45, 2.75) is 25.7 Å². The Labute approximate surface area is 153 Å². The highest BCUT2D eigenvalue weighted by atomic mass is 16.1. The molecule has 3 heterocycles. The number of pyridine rings is 1. The molecule has 1 N–H and O–H groups in total. The van der Waals surface area contributed by atoms with E-state index in [1.165, 1.54) is 11.3 Å². The summed E-state index contributed by atoms with van der Waals surface area (Å²) in [5.74, 6) is -0.122. The summed E-state index contributed by atoms with van der Waals surface area (Å²) in [6.45, 7) is 3.22. The van der Waals surface area contributed by atoms with Gasteiger partial charge in [-0.3, -0.25) is 14.7 Å². The summed E-state index contributed by atoms with van der Waals surface area (Å²) in [4.78, 5) is 18.9. The predicted molar refractivity (Wildman–Crippen MR) is 100 cm³/mol. The van der Waals surface area contributed by atoms with Crippen LogP contribution in [0.2, 0.25) is 0 Å². The maximum Gasteiger partial charge on any atom is 0.269 e. The topological polar surface area (TPSA) is 50.2 Å². The van der Waals surface area contributed by atoms with E-state index in [0.717, 1.165) is 19.6 Å². The summed E-state index contributed by atoms with van der Waals surface area (Å²) in [6.07, 6.45) is 3.76. The Balaban J connectivity index is 1.47. The van der Waals surface area contributed by atoms with Gasteiger partial charge in [-0.25, -0.2) is 0 Å². The SMILES string of the molecule is O=C(NCC1Cn2cccc2CN1Cc1ccccc1)c1ccccn1. The Morgan fingerprint density at radius 1 is 1.08 bits per heavy atom. The molecule has 1 aliphatic heterocycles. The van der Waals surface area contributed by atoms with Crippen molar-refractivity contribution in [2.75, 3.05) is 6.54 Å². The van der Waals surface area contributed by atoms with Crippen LogP contribution < -0.4 is 5.32 Å². The van der Waals surface area contributed by atoms with Gasteiger partial charge < -0.3 is 9.88 Å². The average molecular weight is 346 g/mol. The number of fused-ring (bicyclic) bond motifs is 1. The first kappa shape index (κ1) is 16.5. The number of hydrogen-bond donors (Lipinski definition) is 1. The molecule has 5 heteroatoms. The van der Waals surface area contributed by atoms with Crippen molar-refractivity contribution in [3.63, 3.8) is 0 Å². The van der Waals surface area contributed by atoms with E-state index in [9.17, 15) is 4.79 Å². The number of rotatable bonds is 5. The lowest BCUT2D eigenvalue weighted by Crippen LogP contribution is -2.48. The molecule has 1 unspecified atom stereocenters. The first-order chi connectivity index (χ1) is 12.8. The van der Waals surface area contributed by atoms with Gasteiger partial charge in [0.2, 0.25) is 0 Å². The minimum Gasteiger partial charge on any atom is -0.349 e. The average Bonchev–Trinajstić information content (AvgIpc) is 3.14. The van der Waals surface area contributed by atoms with Crippen molar-refractivity contribution >= 4 is 5.91 Å². The third kappa shape index (κ3) is 3.68. The molecule has 1 atom stereocenters. The van der Waals surface area contributed by atoms with Crippen LogP contribution in [-0.2, 0) is 19.6 Å². The van der Waals surface area contributed by atoms with Crippen molar-refractivity contribution in [3.05, 3.63) is 90.0 Å². The Hall–Kier alpha value is -2.92. The molecule has 0 bridgehead atoms. The van der Waals surface area contributed by atoms with Crippen LogP contribution in [0.1, 0.15) is 21.7 Å². The molecule has 1 aromatic carbocycles. The van der Waals surface area contributed by atoms with Gasteiger partial charge in [-0.15, -0.1) is 0 Å². The fourth-order valence-electron chi connectivity index (χ4n) is 3.45. The van der Waals surface area contributed by atoms with Gasteiger partial charge in [-0.2, -0.15) is 0 Å². The second-order valence-corrected chi connectivity index (χ2v) is 6.62. The lowest BCUT2D eigenvalue weighted by atomic mass is 10.1. The molecule has 2 aromatic heterocycles. The van der Waals surface area contributed by atoms with Crippen LogP contribution in [0, 0.1) is 0 Å². The van der Waals surface area contributed by atoms with E-state index >= 15 is 0 Å². The van der Waals surface area contributed by atoms with Crippen LogP contribution in [0.15, 0.2) is 73.1 Å². The predicted octanol–water partition coefficient (Wildman–Crippen LogP) is 2.70. The van der Waals surface area contributed by atoms with E-state index in [-0.39, 0.29) is 11.9 Å². The van der Waals surface area contributed by atoms with Gasteiger partial charge in [0.1, 0.15) is 5.69 Å². The van der Waals surface area contributed by atoms with Crippen molar-refractivity contribution in [3.8, 4) is 0 Å². The van der Waals surface area contributed by atoms with Crippen LogP contribution in [-0.4, -0.2) is 32.9 Å². The number of amides is 1. The maximum absolute atomic E-state index is 12.3. The number of nitrogens with one attached hydrogen (secondary N) is 1. The van der Waals surface area contributed by atoms with E-state index in [1.807, 2.05) is 18.2 Å². The fourth-order valence-corrected chi connectivity index (χ4v) is 3.45. The Morgan fingerprint density at radius 3 is 2.73 bits per heavy atom. The Bertz CT molecular complexity index is 860. The number of aromatic nitrogens is 2. The fraction of sp³-hybridized carbons (Fsp3) is 0.238. The van der Waals surface area contributed by atoms with E-state index < -0.39 is 0 Å². The second-order valence-electron chi connectivity index (χ2n) is 6.62. The quantitative estimate of drug-likeness (QED) is 0.773. The van der Waals surface area contributed by atoms with Crippen LogP contribution >= 0.6 is 0 Å². The standard InChI is InChI=1S/C21H22N4O/c26-21(20-10-4-5-11-22-20)23-13-19-16-24-12-6-9-18(24)15-25(19)14-17-7-2-1-3-8-17/h1-12,19H,13-16H2,(H,23,26). The Kier molecular flexibility index (Phi) is 4.80. The summed E-state index contributed by atoms with van der Waals surface area (Å²) < 4.78 is 2.28. The molecule has 0 radical (unpaired) electrons. The molecule has 26 heavy (non-hydrogen) atoms. The summed E-state index contributed by atoms with van der Waals surface area (Å²) in [7, 11) is 0. The molecule has 0 saturated heterocycles. The second kappa shape index (κ2) is 7.54. The van der Waals surface area contributed by atoms with Crippen molar-refractivity contribution in [1.82, 2.24) is 19.8 Å². The molecular formula is C21H22N4O. The molecule has 0 fully saturated rings. The van der Waals surface area contributed by atoms with Crippen molar-refractivity contribution < 1.29 is 4.79 Å². The van der Waals surface area contributed by atoms with Gasteiger partial charge in [-0.1, -0.05) is 36.4 Å². The minimum absolute atomic E-state index is 0.122. The normalized spacial score (nSPS) is 16.8. The van der Waals surface area contributed by atoms with Crippen LogP contribution in [0.25, 0.3) is 0 Å². The number of benzene rings is 1. The molecule has 4 rings (SSSR count). The summed E-state index contributed by atoms with van der Waals surface area (Å²) >= 11 is 0. The molecule has 5 nitrogen and oxygen atoms in total. The number of hydrogen-bond acceptors (Lipinski definition) is 3. The smallest absolute Gasteiger partial charge is 0.269 e. The van der Waals surface area contributed by atoms with Crippen molar-refractivity contribution in [2.24, 2.45) is 0 Å². The van der Waals surface area contributed by atoms with Crippen LogP contribution in [0.5, 0.6) is 0 Å². The van der Waals surface area contributed by atoms with Gasteiger partial charge in [0.25, 0.3) is 5.91 Å². The first-order valence-corrected chi connectivity index (χ1v) is 8.91.